The van der Waals surface area contributed by atoms with Crippen LogP contribution >= 0.6 is 0 Å². The molecule has 162 valence electrons. The molecular weight excluding hydrogens is 392 g/mol. The third-order valence-electron chi connectivity index (χ3n) is 5.22. The molecule has 1 aromatic heterocycles. The van der Waals surface area contributed by atoms with Gasteiger partial charge in [-0.05, 0) is 49.0 Å². The summed E-state index contributed by atoms with van der Waals surface area (Å²) in [6, 6.07) is 19.7. The van der Waals surface area contributed by atoms with Gasteiger partial charge in [0.05, 0.1) is 18.8 Å². The second kappa shape index (κ2) is 10.5. The van der Waals surface area contributed by atoms with Gasteiger partial charge in [0, 0.05) is 12.6 Å². The fourth-order valence-electron chi connectivity index (χ4n) is 3.54. The number of benzene rings is 2. The van der Waals surface area contributed by atoms with Crippen LogP contribution in [0, 0.1) is 0 Å². The largest absolute Gasteiger partial charge is 0.497 e. The first-order valence-corrected chi connectivity index (χ1v) is 10.4. The summed E-state index contributed by atoms with van der Waals surface area (Å²) in [4.78, 5) is 27.4. The molecule has 31 heavy (non-hydrogen) atoms. The highest BCUT2D eigenvalue weighted by molar-refractivity contribution is 5.92. The first-order valence-electron chi connectivity index (χ1n) is 10.4. The molecule has 2 aromatic carbocycles. The minimum Gasteiger partial charge on any atom is -0.497 e. The monoisotopic (exact) mass is 420 g/mol. The number of nitrogens with one attached hydrogen (secondary N) is 1. The Balaban J connectivity index is 1.82. The SMILES string of the molecule is CCN(CC)C(CNC(=O)c1ccc(=O)n(-c2ccccc2)n1)c1cccc(OC)c1. The number of amides is 1. The molecule has 1 heterocycles. The highest BCUT2D eigenvalue weighted by Gasteiger charge is 2.20. The summed E-state index contributed by atoms with van der Waals surface area (Å²) in [5.41, 5.74) is 1.57. The smallest absolute Gasteiger partial charge is 0.271 e. The molecule has 7 heteroatoms. The minimum atomic E-state index is -0.329. The van der Waals surface area contributed by atoms with Crippen molar-refractivity contribution in [1.29, 1.82) is 0 Å². The Morgan fingerprint density at radius 3 is 2.48 bits per heavy atom. The zero-order valence-corrected chi connectivity index (χ0v) is 18.1. The standard InChI is InChI=1S/C24H28N4O3/c1-4-27(5-2)22(18-10-9-13-20(16-18)31-3)17-25-24(30)21-14-15-23(29)28(26-21)19-11-7-6-8-12-19/h6-16,22H,4-5,17H2,1-3H3,(H,25,30). The van der Waals surface area contributed by atoms with Crippen molar-refractivity contribution in [1.82, 2.24) is 20.0 Å². The van der Waals surface area contributed by atoms with Crippen LogP contribution in [0.2, 0.25) is 0 Å². The molecule has 1 N–H and O–H groups in total. The van der Waals surface area contributed by atoms with Gasteiger partial charge < -0.3 is 10.1 Å². The van der Waals surface area contributed by atoms with Gasteiger partial charge in [0.25, 0.3) is 11.5 Å². The molecule has 1 atom stereocenters. The summed E-state index contributed by atoms with van der Waals surface area (Å²) >= 11 is 0. The lowest BCUT2D eigenvalue weighted by Crippen LogP contribution is -2.38. The maximum Gasteiger partial charge on any atom is 0.271 e. The summed E-state index contributed by atoms with van der Waals surface area (Å²) in [5.74, 6) is 0.447. The second-order valence-corrected chi connectivity index (χ2v) is 7.03. The second-order valence-electron chi connectivity index (χ2n) is 7.03. The Labute approximate surface area is 182 Å². The number of hydrogen-bond acceptors (Lipinski definition) is 5. The van der Waals surface area contributed by atoms with Crippen molar-refractivity contribution in [2.75, 3.05) is 26.7 Å². The number of carbonyl (C=O) groups excluding carboxylic acids is 1. The van der Waals surface area contributed by atoms with Gasteiger partial charge in [0.1, 0.15) is 11.4 Å². The van der Waals surface area contributed by atoms with Crippen molar-refractivity contribution in [3.05, 3.63) is 88.3 Å². The number of ether oxygens (including phenoxy) is 1. The summed E-state index contributed by atoms with van der Waals surface area (Å²) in [5, 5.41) is 7.25. The van der Waals surface area contributed by atoms with E-state index in [0.29, 0.717) is 12.2 Å². The zero-order chi connectivity index (χ0) is 22.2. The Bertz CT molecular complexity index is 1060. The summed E-state index contributed by atoms with van der Waals surface area (Å²) in [7, 11) is 1.64. The fraction of sp³-hybridized carbons (Fsp3) is 0.292. The number of carbonyl (C=O) groups is 1. The first-order chi connectivity index (χ1) is 15.1. The van der Waals surface area contributed by atoms with E-state index in [0.717, 1.165) is 24.4 Å². The van der Waals surface area contributed by atoms with E-state index in [1.54, 1.807) is 19.2 Å². The molecule has 0 saturated carbocycles. The van der Waals surface area contributed by atoms with Crippen LogP contribution in [0.15, 0.2) is 71.5 Å². The third-order valence-corrected chi connectivity index (χ3v) is 5.22. The molecule has 0 spiro atoms. The molecule has 1 unspecified atom stereocenters. The average molecular weight is 421 g/mol. The van der Waals surface area contributed by atoms with E-state index in [2.05, 4.69) is 29.2 Å². The van der Waals surface area contributed by atoms with Gasteiger partial charge in [0.2, 0.25) is 0 Å². The van der Waals surface area contributed by atoms with Gasteiger partial charge in [-0.25, -0.2) is 0 Å². The third kappa shape index (κ3) is 5.38. The number of methoxy groups -OCH3 is 1. The predicted molar refractivity (Wildman–Crippen MR) is 121 cm³/mol. The fourth-order valence-corrected chi connectivity index (χ4v) is 3.54. The number of hydrogen-bond donors (Lipinski definition) is 1. The molecule has 3 aromatic rings. The summed E-state index contributed by atoms with van der Waals surface area (Å²) < 4.78 is 6.60. The molecule has 3 rings (SSSR count). The Kier molecular flexibility index (Phi) is 7.56. The van der Waals surface area contributed by atoms with Gasteiger partial charge in [-0.1, -0.05) is 44.2 Å². The van der Waals surface area contributed by atoms with E-state index in [4.69, 9.17) is 4.74 Å². The van der Waals surface area contributed by atoms with Gasteiger partial charge in [-0.2, -0.15) is 9.78 Å². The highest BCUT2D eigenvalue weighted by Crippen LogP contribution is 2.24. The van der Waals surface area contributed by atoms with E-state index in [1.165, 1.54) is 16.8 Å². The molecule has 0 aliphatic rings. The van der Waals surface area contributed by atoms with Gasteiger partial charge >= 0.3 is 0 Å². The quantitative estimate of drug-likeness (QED) is 0.576. The molecule has 0 saturated heterocycles. The summed E-state index contributed by atoms with van der Waals surface area (Å²) in [6.45, 7) is 6.27. The average Bonchev–Trinajstić information content (AvgIpc) is 2.82. The van der Waals surface area contributed by atoms with Crippen molar-refractivity contribution in [2.24, 2.45) is 0 Å². The number of para-hydroxylation sites is 1. The molecule has 7 nitrogen and oxygen atoms in total. The molecule has 0 fully saturated rings. The van der Waals surface area contributed by atoms with Crippen molar-refractivity contribution in [3.8, 4) is 11.4 Å². The number of likely N-dealkylation sites (N-methyl/N-ethyl adjacent to an activating group) is 1. The van der Waals surface area contributed by atoms with Crippen LogP contribution in [0.1, 0.15) is 35.9 Å². The van der Waals surface area contributed by atoms with E-state index in [9.17, 15) is 9.59 Å². The van der Waals surface area contributed by atoms with Gasteiger partial charge in [-0.15, -0.1) is 0 Å². The van der Waals surface area contributed by atoms with E-state index in [1.807, 2.05) is 42.5 Å². The van der Waals surface area contributed by atoms with E-state index >= 15 is 0 Å². The van der Waals surface area contributed by atoms with Gasteiger partial charge in [-0.3, -0.25) is 14.5 Å². The zero-order valence-electron chi connectivity index (χ0n) is 18.1. The van der Waals surface area contributed by atoms with Crippen molar-refractivity contribution in [3.63, 3.8) is 0 Å². The lowest BCUT2D eigenvalue weighted by molar-refractivity contribution is 0.0928. The molecule has 0 aliphatic heterocycles. The van der Waals surface area contributed by atoms with Crippen LogP contribution in [0.4, 0.5) is 0 Å². The maximum atomic E-state index is 12.9. The van der Waals surface area contributed by atoms with Crippen LogP contribution < -0.4 is 15.6 Å². The van der Waals surface area contributed by atoms with Crippen LogP contribution in [-0.4, -0.2) is 47.3 Å². The molecular formula is C24H28N4O3. The van der Waals surface area contributed by atoms with Crippen LogP contribution in [0.3, 0.4) is 0 Å². The Morgan fingerprint density at radius 2 is 1.81 bits per heavy atom. The normalized spacial score (nSPS) is 11.9. The van der Waals surface area contributed by atoms with E-state index < -0.39 is 0 Å². The maximum absolute atomic E-state index is 12.9. The Morgan fingerprint density at radius 1 is 1.06 bits per heavy atom. The lowest BCUT2D eigenvalue weighted by atomic mass is 10.0. The Hall–Kier alpha value is -3.45. The van der Waals surface area contributed by atoms with E-state index in [-0.39, 0.29) is 23.2 Å². The number of nitrogens with zero attached hydrogens (tertiary/aromatic N) is 3. The van der Waals surface area contributed by atoms with Crippen molar-refractivity contribution >= 4 is 5.91 Å². The van der Waals surface area contributed by atoms with Crippen LogP contribution in [0.5, 0.6) is 5.75 Å². The highest BCUT2D eigenvalue weighted by atomic mass is 16.5. The van der Waals surface area contributed by atoms with Crippen LogP contribution in [-0.2, 0) is 0 Å². The molecule has 0 radical (unpaired) electrons. The predicted octanol–water partition coefficient (Wildman–Crippen LogP) is 3.05. The molecule has 1 amide bonds. The van der Waals surface area contributed by atoms with Crippen molar-refractivity contribution < 1.29 is 9.53 Å². The first kappa shape index (κ1) is 22.2. The molecule has 0 bridgehead atoms. The van der Waals surface area contributed by atoms with Crippen LogP contribution in [0.25, 0.3) is 5.69 Å². The van der Waals surface area contributed by atoms with Crippen molar-refractivity contribution in [2.45, 2.75) is 19.9 Å². The van der Waals surface area contributed by atoms with Gasteiger partial charge in [0.15, 0.2) is 0 Å². The molecule has 0 aliphatic carbocycles. The topological polar surface area (TPSA) is 76.5 Å². The number of rotatable bonds is 9. The number of aromatic nitrogens is 2. The summed E-state index contributed by atoms with van der Waals surface area (Å²) in [6.07, 6.45) is 0. The minimum absolute atomic E-state index is 0.0194. The lowest BCUT2D eigenvalue weighted by Gasteiger charge is -2.30.